The smallest absolute Gasteiger partial charge is 0.449 e. The largest absolute Gasteiger partial charge is 0.494 e. The third kappa shape index (κ3) is 5.09. The first-order valence-electron chi connectivity index (χ1n) is 10.7. The van der Waals surface area contributed by atoms with Crippen LogP contribution in [0.25, 0.3) is 11.0 Å². The molecule has 4 aromatic rings. The summed E-state index contributed by atoms with van der Waals surface area (Å²) < 4.78 is 52.2. The van der Waals surface area contributed by atoms with Crippen LogP contribution in [0.3, 0.4) is 0 Å². The molecule has 36 heavy (non-hydrogen) atoms. The number of halogens is 3. The van der Waals surface area contributed by atoms with Crippen LogP contribution in [0.5, 0.6) is 11.5 Å². The molecule has 11 heteroatoms. The molecule has 0 bridgehead atoms. The van der Waals surface area contributed by atoms with Gasteiger partial charge in [-0.3, -0.25) is 9.59 Å². The molecule has 0 saturated carbocycles. The molecular weight excluding hydrogens is 477 g/mol. The molecule has 8 nitrogen and oxygen atoms in total. The van der Waals surface area contributed by atoms with Crippen molar-refractivity contribution in [2.45, 2.75) is 12.7 Å². The number of alkyl halides is 3. The van der Waals surface area contributed by atoms with Gasteiger partial charge < -0.3 is 24.7 Å². The van der Waals surface area contributed by atoms with E-state index in [0.717, 1.165) is 4.57 Å². The number of fused-ring (bicyclic) bond motifs is 1. The Hall–Kier alpha value is -4.54. The zero-order chi connectivity index (χ0) is 25.9. The zero-order valence-corrected chi connectivity index (χ0v) is 19.2. The number of anilines is 2. The number of ether oxygens (including phenoxy) is 2. The Bertz CT molecular complexity index is 1420. The molecule has 0 spiro atoms. The number of imidazole rings is 1. The van der Waals surface area contributed by atoms with Gasteiger partial charge in [0.25, 0.3) is 5.91 Å². The lowest BCUT2D eigenvalue weighted by Gasteiger charge is -2.17. The number of hydrogen-bond acceptors (Lipinski definition) is 5. The van der Waals surface area contributed by atoms with E-state index in [1.54, 1.807) is 42.5 Å². The van der Waals surface area contributed by atoms with E-state index >= 15 is 0 Å². The van der Waals surface area contributed by atoms with Crippen molar-refractivity contribution < 1.29 is 32.2 Å². The third-order valence-corrected chi connectivity index (χ3v) is 5.29. The highest BCUT2D eigenvalue weighted by Crippen LogP contribution is 2.37. The number of carbonyl (C=O) groups excluding carboxylic acids is 2. The summed E-state index contributed by atoms with van der Waals surface area (Å²) in [6.45, 7) is -0.646. The van der Waals surface area contributed by atoms with E-state index in [9.17, 15) is 22.8 Å². The second-order valence-electron chi connectivity index (χ2n) is 7.63. The van der Waals surface area contributed by atoms with E-state index in [1.165, 1.54) is 38.5 Å². The fraction of sp³-hybridized carbons (Fsp3) is 0.160. The van der Waals surface area contributed by atoms with Gasteiger partial charge >= 0.3 is 6.18 Å². The van der Waals surface area contributed by atoms with Gasteiger partial charge in [-0.05, 0) is 24.3 Å². The summed E-state index contributed by atoms with van der Waals surface area (Å²) in [5.74, 6) is -1.94. The van der Waals surface area contributed by atoms with Crippen LogP contribution in [-0.4, -0.2) is 35.6 Å². The molecule has 1 aromatic heterocycles. The van der Waals surface area contributed by atoms with Gasteiger partial charge in [-0.1, -0.05) is 30.3 Å². The molecule has 186 valence electrons. The van der Waals surface area contributed by atoms with Crippen LogP contribution in [-0.2, 0) is 17.5 Å². The van der Waals surface area contributed by atoms with Crippen molar-refractivity contribution in [1.29, 1.82) is 0 Å². The van der Waals surface area contributed by atoms with E-state index in [-0.39, 0.29) is 39.8 Å². The number of benzene rings is 3. The molecule has 0 saturated heterocycles. The number of hydrogen-bond donors (Lipinski definition) is 2. The summed E-state index contributed by atoms with van der Waals surface area (Å²) in [6.07, 6.45) is -4.75. The number of rotatable bonds is 7. The number of amides is 2. The molecule has 0 radical (unpaired) electrons. The molecule has 2 N–H and O–H groups in total. The normalized spacial score (nSPS) is 11.2. The lowest BCUT2D eigenvalue weighted by molar-refractivity contribution is -0.147. The monoisotopic (exact) mass is 498 g/mol. The highest BCUT2D eigenvalue weighted by Gasteiger charge is 2.38. The minimum Gasteiger partial charge on any atom is -0.494 e. The van der Waals surface area contributed by atoms with Crippen molar-refractivity contribution in [2.24, 2.45) is 0 Å². The maximum Gasteiger partial charge on any atom is 0.449 e. The van der Waals surface area contributed by atoms with E-state index in [1.807, 2.05) is 0 Å². The highest BCUT2D eigenvalue weighted by atomic mass is 19.4. The molecule has 0 aliphatic carbocycles. The van der Waals surface area contributed by atoms with E-state index in [2.05, 4.69) is 15.6 Å². The summed E-state index contributed by atoms with van der Waals surface area (Å²) in [6, 6.07) is 17.4. The van der Waals surface area contributed by atoms with Gasteiger partial charge in [0.15, 0.2) is 0 Å². The van der Waals surface area contributed by atoms with Crippen LogP contribution < -0.4 is 20.1 Å². The predicted molar refractivity (Wildman–Crippen MR) is 127 cm³/mol. The Labute approximate surface area is 203 Å². The number of methoxy groups -OCH3 is 2. The molecule has 1 heterocycles. The van der Waals surface area contributed by atoms with Gasteiger partial charge in [0.1, 0.15) is 18.0 Å². The Morgan fingerprint density at radius 2 is 1.47 bits per heavy atom. The van der Waals surface area contributed by atoms with Crippen LogP contribution in [0.4, 0.5) is 24.5 Å². The molecule has 0 unspecified atom stereocenters. The van der Waals surface area contributed by atoms with Gasteiger partial charge in [0.2, 0.25) is 11.7 Å². The summed E-state index contributed by atoms with van der Waals surface area (Å²) in [7, 11) is 2.73. The fourth-order valence-electron chi connectivity index (χ4n) is 3.66. The van der Waals surface area contributed by atoms with Crippen molar-refractivity contribution in [3.8, 4) is 11.5 Å². The van der Waals surface area contributed by atoms with Gasteiger partial charge in [-0.2, -0.15) is 13.2 Å². The molecule has 0 atom stereocenters. The number of nitrogens with one attached hydrogen (secondary N) is 2. The van der Waals surface area contributed by atoms with Crippen molar-refractivity contribution in [3.63, 3.8) is 0 Å². The van der Waals surface area contributed by atoms with Crippen LogP contribution in [0.15, 0.2) is 66.7 Å². The van der Waals surface area contributed by atoms with Crippen LogP contribution in [0.2, 0.25) is 0 Å². The number of nitrogens with zero attached hydrogens (tertiary/aromatic N) is 2. The van der Waals surface area contributed by atoms with E-state index < -0.39 is 24.5 Å². The topological polar surface area (TPSA) is 94.5 Å². The molecule has 0 aliphatic heterocycles. The Morgan fingerprint density at radius 3 is 2.08 bits per heavy atom. The Morgan fingerprint density at radius 1 is 0.889 bits per heavy atom. The SMILES string of the molecule is COc1cc(NC(=O)c2ccccc2)c(OC)cc1NC(=O)Cn1c(C(F)(F)F)nc2ccccc21. The number of aromatic nitrogens is 2. The van der Waals surface area contributed by atoms with Crippen LogP contribution in [0.1, 0.15) is 16.2 Å². The minimum atomic E-state index is -4.75. The van der Waals surface area contributed by atoms with Crippen molar-refractivity contribution in [1.82, 2.24) is 9.55 Å². The van der Waals surface area contributed by atoms with Crippen molar-refractivity contribution in [2.75, 3.05) is 24.9 Å². The second kappa shape index (κ2) is 9.98. The van der Waals surface area contributed by atoms with Crippen molar-refractivity contribution >= 4 is 34.2 Å². The predicted octanol–water partition coefficient (Wildman–Crippen LogP) is 4.96. The molecule has 0 aliphatic rings. The summed E-state index contributed by atoms with van der Waals surface area (Å²) >= 11 is 0. The lowest BCUT2D eigenvalue weighted by Crippen LogP contribution is -2.23. The third-order valence-electron chi connectivity index (χ3n) is 5.29. The summed E-state index contributed by atoms with van der Waals surface area (Å²) in [5.41, 5.74) is 1.14. The summed E-state index contributed by atoms with van der Waals surface area (Å²) in [5, 5.41) is 5.28. The maximum absolute atomic E-state index is 13.6. The second-order valence-corrected chi connectivity index (χ2v) is 7.63. The first kappa shape index (κ1) is 24.6. The highest BCUT2D eigenvalue weighted by molar-refractivity contribution is 6.05. The Balaban J connectivity index is 1.60. The molecule has 2 amide bonds. The van der Waals surface area contributed by atoms with Crippen LogP contribution in [0, 0.1) is 0 Å². The first-order valence-corrected chi connectivity index (χ1v) is 10.7. The van der Waals surface area contributed by atoms with Gasteiger partial charge in [0, 0.05) is 17.7 Å². The van der Waals surface area contributed by atoms with Crippen molar-refractivity contribution in [3.05, 3.63) is 78.1 Å². The zero-order valence-electron chi connectivity index (χ0n) is 19.2. The first-order chi connectivity index (χ1) is 17.2. The van der Waals surface area contributed by atoms with E-state index in [4.69, 9.17) is 9.47 Å². The lowest BCUT2D eigenvalue weighted by atomic mass is 10.2. The quantitative estimate of drug-likeness (QED) is 0.376. The maximum atomic E-state index is 13.6. The standard InChI is InChI=1S/C25H21F3N4O4/c1-35-20-13-18(30-23(34)15-8-4-3-5-9-15)21(36-2)12-17(20)29-22(33)14-32-19-11-7-6-10-16(19)31-24(32)25(26,27)28/h3-13H,14H2,1-2H3,(H,29,33)(H,30,34). The average Bonchev–Trinajstić information content (AvgIpc) is 3.24. The fourth-order valence-corrected chi connectivity index (χ4v) is 3.66. The molecule has 0 fully saturated rings. The average molecular weight is 498 g/mol. The summed E-state index contributed by atoms with van der Waals surface area (Å²) in [4.78, 5) is 29.0. The van der Waals surface area contributed by atoms with Gasteiger partial charge in [0.05, 0.1) is 36.6 Å². The molecule has 3 aromatic carbocycles. The Kier molecular flexibility index (Phi) is 6.82. The number of para-hydroxylation sites is 2. The van der Waals surface area contributed by atoms with Gasteiger partial charge in [-0.15, -0.1) is 0 Å². The number of carbonyl (C=O) groups is 2. The van der Waals surface area contributed by atoms with Gasteiger partial charge in [-0.25, -0.2) is 4.98 Å². The molecule has 4 rings (SSSR count). The molecular formula is C25H21F3N4O4. The van der Waals surface area contributed by atoms with Crippen LogP contribution >= 0.6 is 0 Å². The van der Waals surface area contributed by atoms with E-state index in [0.29, 0.717) is 5.56 Å². The minimum absolute atomic E-state index is 0.121.